The lowest BCUT2D eigenvalue weighted by Gasteiger charge is -2.07. The summed E-state index contributed by atoms with van der Waals surface area (Å²) in [7, 11) is 0. The van der Waals surface area contributed by atoms with Crippen molar-refractivity contribution in [3.63, 3.8) is 0 Å². The Hall–Kier alpha value is -1.34. The van der Waals surface area contributed by atoms with Gasteiger partial charge in [0.15, 0.2) is 0 Å². The molecule has 0 unspecified atom stereocenters. The number of carbonyl (C=O) groups is 1. The second-order valence-corrected chi connectivity index (χ2v) is 3.93. The third kappa shape index (κ3) is 3.07. The first-order valence-corrected chi connectivity index (χ1v) is 5.36. The van der Waals surface area contributed by atoms with E-state index >= 15 is 0 Å². The van der Waals surface area contributed by atoms with Gasteiger partial charge in [-0.15, -0.1) is 0 Å². The molecule has 0 aliphatic carbocycles. The maximum Gasteiger partial charge on any atom is 0.251 e. The van der Waals surface area contributed by atoms with Crippen LogP contribution in [-0.2, 0) is 0 Å². The fraction of sp³-hybridized carbons (Fsp3) is 0.273. The minimum Gasteiger partial charge on any atom is -0.351 e. The zero-order valence-electron chi connectivity index (χ0n) is 8.38. The maximum atomic E-state index is 11.7. The van der Waals surface area contributed by atoms with Crippen molar-refractivity contribution in [2.24, 2.45) is 0 Å². The molecule has 3 nitrogen and oxygen atoms in total. The minimum absolute atomic E-state index is 0.135. The second kappa shape index (κ2) is 5.52. The Bertz CT molecular complexity index is 410. The largest absolute Gasteiger partial charge is 0.351 e. The fourth-order valence-corrected chi connectivity index (χ4v) is 1.55. The number of carbonyl (C=O) groups excluding carboxylic acids is 1. The molecule has 1 amide bonds. The number of benzene rings is 1. The lowest BCUT2D eigenvalue weighted by Crippen LogP contribution is -2.24. The van der Waals surface area contributed by atoms with Crippen LogP contribution in [0.1, 0.15) is 22.3 Å². The summed E-state index contributed by atoms with van der Waals surface area (Å²) in [6.07, 6.45) is 0.332. The SMILES string of the molecule is Cc1c(Br)cccc1C(=O)NCCC#N. The van der Waals surface area contributed by atoms with E-state index in [1.807, 2.05) is 25.1 Å². The van der Waals surface area contributed by atoms with Gasteiger partial charge in [-0.25, -0.2) is 0 Å². The molecule has 78 valence electrons. The van der Waals surface area contributed by atoms with Crippen LogP contribution in [0.2, 0.25) is 0 Å². The molecule has 0 atom stereocenters. The molecule has 0 saturated carbocycles. The number of nitrogens with one attached hydrogen (secondary N) is 1. The molecule has 0 bridgehead atoms. The molecule has 1 rings (SSSR count). The first-order valence-electron chi connectivity index (χ1n) is 4.57. The molecular weight excluding hydrogens is 256 g/mol. The van der Waals surface area contributed by atoms with Crippen LogP contribution in [0.15, 0.2) is 22.7 Å². The zero-order valence-corrected chi connectivity index (χ0v) is 9.97. The van der Waals surface area contributed by atoms with E-state index in [4.69, 9.17) is 5.26 Å². The average Bonchev–Trinajstić information content (AvgIpc) is 2.22. The van der Waals surface area contributed by atoms with E-state index < -0.39 is 0 Å². The van der Waals surface area contributed by atoms with Gasteiger partial charge in [0, 0.05) is 16.6 Å². The summed E-state index contributed by atoms with van der Waals surface area (Å²) in [6, 6.07) is 7.45. The van der Waals surface area contributed by atoms with Crippen LogP contribution in [0.3, 0.4) is 0 Å². The van der Waals surface area contributed by atoms with E-state index in [0.717, 1.165) is 10.0 Å². The summed E-state index contributed by atoms with van der Waals surface area (Å²) >= 11 is 3.36. The van der Waals surface area contributed by atoms with Gasteiger partial charge in [0.1, 0.15) is 0 Å². The molecule has 1 N–H and O–H groups in total. The molecule has 0 aromatic heterocycles. The van der Waals surface area contributed by atoms with Crippen molar-refractivity contribution in [2.45, 2.75) is 13.3 Å². The zero-order chi connectivity index (χ0) is 11.3. The molecule has 1 aromatic carbocycles. The van der Waals surface area contributed by atoms with Gasteiger partial charge in [-0.3, -0.25) is 4.79 Å². The number of hydrogen-bond acceptors (Lipinski definition) is 2. The van der Waals surface area contributed by atoms with Gasteiger partial charge in [-0.1, -0.05) is 22.0 Å². The van der Waals surface area contributed by atoms with Crippen LogP contribution in [0.5, 0.6) is 0 Å². The highest BCUT2D eigenvalue weighted by Gasteiger charge is 2.09. The minimum atomic E-state index is -0.135. The predicted octanol–water partition coefficient (Wildman–Crippen LogP) is 2.40. The van der Waals surface area contributed by atoms with Crippen LogP contribution in [0.25, 0.3) is 0 Å². The Morgan fingerprint density at radius 3 is 3.00 bits per heavy atom. The Kier molecular flexibility index (Phi) is 4.32. The average molecular weight is 267 g/mol. The molecule has 1 aromatic rings. The highest BCUT2D eigenvalue weighted by atomic mass is 79.9. The Balaban J connectivity index is 2.75. The van der Waals surface area contributed by atoms with Gasteiger partial charge in [-0.05, 0) is 24.6 Å². The number of halogens is 1. The van der Waals surface area contributed by atoms with Gasteiger partial charge in [-0.2, -0.15) is 5.26 Å². The highest BCUT2D eigenvalue weighted by Crippen LogP contribution is 2.19. The molecule has 0 saturated heterocycles. The first kappa shape index (κ1) is 11.7. The summed E-state index contributed by atoms with van der Waals surface area (Å²) in [5, 5.41) is 11.0. The highest BCUT2D eigenvalue weighted by molar-refractivity contribution is 9.10. The molecule has 4 heteroatoms. The van der Waals surface area contributed by atoms with Crippen LogP contribution in [0.4, 0.5) is 0 Å². The van der Waals surface area contributed by atoms with Crippen LogP contribution < -0.4 is 5.32 Å². The molecule has 0 fully saturated rings. The number of nitrogens with zero attached hydrogens (tertiary/aromatic N) is 1. The van der Waals surface area contributed by atoms with Gasteiger partial charge in [0.05, 0.1) is 12.5 Å². The molecule has 0 radical (unpaired) electrons. The smallest absolute Gasteiger partial charge is 0.251 e. The Labute approximate surface area is 97.2 Å². The molecule has 0 heterocycles. The van der Waals surface area contributed by atoms with Crippen molar-refractivity contribution in [1.29, 1.82) is 5.26 Å². The van der Waals surface area contributed by atoms with Crippen molar-refractivity contribution in [1.82, 2.24) is 5.32 Å². The molecule has 0 spiro atoms. The van der Waals surface area contributed by atoms with E-state index in [1.54, 1.807) is 6.07 Å². The molecule has 15 heavy (non-hydrogen) atoms. The van der Waals surface area contributed by atoms with Crippen molar-refractivity contribution < 1.29 is 4.79 Å². The summed E-state index contributed by atoms with van der Waals surface area (Å²) in [4.78, 5) is 11.7. The lowest BCUT2D eigenvalue weighted by atomic mass is 10.1. The van der Waals surface area contributed by atoms with Gasteiger partial charge < -0.3 is 5.32 Å². The second-order valence-electron chi connectivity index (χ2n) is 3.08. The van der Waals surface area contributed by atoms with Crippen molar-refractivity contribution in [3.05, 3.63) is 33.8 Å². The van der Waals surface area contributed by atoms with E-state index in [-0.39, 0.29) is 5.91 Å². The topological polar surface area (TPSA) is 52.9 Å². The van der Waals surface area contributed by atoms with Gasteiger partial charge >= 0.3 is 0 Å². The summed E-state index contributed by atoms with van der Waals surface area (Å²) in [6.45, 7) is 2.27. The van der Waals surface area contributed by atoms with E-state index in [9.17, 15) is 4.79 Å². The third-order valence-corrected chi connectivity index (χ3v) is 2.89. The van der Waals surface area contributed by atoms with Gasteiger partial charge in [0.2, 0.25) is 0 Å². The molecular formula is C11H11BrN2O. The standard InChI is InChI=1S/C11H11BrN2O/c1-8-9(4-2-5-10(8)12)11(15)14-7-3-6-13/h2,4-5H,3,7H2,1H3,(H,14,15). The van der Waals surface area contributed by atoms with E-state index in [0.29, 0.717) is 18.5 Å². The Morgan fingerprint density at radius 2 is 2.33 bits per heavy atom. The third-order valence-electron chi connectivity index (χ3n) is 2.03. The van der Waals surface area contributed by atoms with Crippen molar-refractivity contribution in [3.8, 4) is 6.07 Å². The van der Waals surface area contributed by atoms with Crippen LogP contribution >= 0.6 is 15.9 Å². The van der Waals surface area contributed by atoms with E-state index in [2.05, 4.69) is 21.2 Å². The first-order chi connectivity index (χ1) is 7.16. The number of nitriles is 1. The molecule has 0 aliphatic heterocycles. The normalized spacial score (nSPS) is 9.40. The van der Waals surface area contributed by atoms with Crippen LogP contribution in [0, 0.1) is 18.3 Å². The fourth-order valence-electron chi connectivity index (χ4n) is 1.18. The number of amides is 1. The Morgan fingerprint density at radius 1 is 1.60 bits per heavy atom. The van der Waals surface area contributed by atoms with Crippen LogP contribution in [-0.4, -0.2) is 12.5 Å². The van der Waals surface area contributed by atoms with Crippen molar-refractivity contribution in [2.75, 3.05) is 6.54 Å². The predicted molar refractivity (Wildman–Crippen MR) is 61.4 cm³/mol. The maximum absolute atomic E-state index is 11.7. The quantitative estimate of drug-likeness (QED) is 0.855. The summed E-state index contributed by atoms with van der Waals surface area (Å²) in [5.74, 6) is -0.135. The summed E-state index contributed by atoms with van der Waals surface area (Å²) in [5.41, 5.74) is 1.55. The number of rotatable bonds is 3. The lowest BCUT2D eigenvalue weighted by molar-refractivity contribution is 0.0954. The monoisotopic (exact) mass is 266 g/mol. The summed E-state index contributed by atoms with van der Waals surface area (Å²) < 4.78 is 0.912. The van der Waals surface area contributed by atoms with E-state index in [1.165, 1.54) is 0 Å². The van der Waals surface area contributed by atoms with Crippen molar-refractivity contribution >= 4 is 21.8 Å². The van der Waals surface area contributed by atoms with Gasteiger partial charge in [0.25, 0.3) is 5.91 Å². The number of hydrogen-bond donors (Lipinski definition) is 1. The molecule has 0 aliphatic rings.